The number of aryl methyl sites for hydroxylation is 8. The maximum atomic E-state index is 12.6. The number of pyridine rings is 2. The van der Waals surface area contributed by atoms with Crippen LogP contribution in [0.4, 0.5) is 46.0 Å². The van der Waals surface area contributed by atoms with Gasteiger partial charge in [0.1, 0.15) is 35.8 Å². The summed E-state index contributed by atoms with van der Waals surface area (Å²) in [7, 11) is -10.7. The van der Waals surface area contributed by atoms with Crippen molar-refractivity contribution in [2.75, 3.05) is 108 Å². The van der Waals surface area contributed by atoms with Crippen LogP contribution in [0.2, 0.25) is 0 Å². The summed E-state index contributed by atoms with van der Waals surface area (Å²) in [4.78, 5) is 62.8. The number of carboxylic acids is 1. The minimum Gasteiger partial charge on any atom is -0.396 e. The number of aromatic hydroxyl groups is 1. The van der Waals surface area contributed by atoms with Gasteiger partial charge in [-0.15, -0.1) is 23.5 Å². The van der Waals surface area contributed by atoms with Crippen LogP contribution in [0.1, 0.15) is 84.6 Å². The van der Waals surface area contributed by atoms with E-state index in [9.17, 15) is 55.4 Å². The molecule has 0 saturated carbocycles. The van der Waals surface area contributed by atoms with Crippen molar-refractivity contribution in [2.45, 2.75) is 113 Å². The monoisotopic (exact) mass is 2110 g/mol. The van der Waals surface area contributed by atoms with Crippen molar-refractivity contribution < 1.29 is 135 Å². The molecule has 4 heterocycles. The number of nitro groups is 2. The summed E-state index contributed by atoms with van der Waals surface area (Å²) in [5.74, 6) is 1.45. The number of carbonyl (C=O) groups excluding carboxylic acids is 1. The summed E-state index contributed by atoms with van der Waals surface area (Å²) in [5, 5.41) is 102. The molecule has 13 aromatic rings. The van der Waals surface area contributed by atoms with Gasteiger partial charge in [0, 0.05) is 70.4 Å². The van der Waals surface area contributed by atoms with E-state index < -0.39 is 65.1 Å². The molecule has 0 amide bonds. The van der Waals surface area contributed by atoms with E-state index in [1.54, 1.807) is 107 Å². The summed E-state index contributed by atoms with van der Waals surface area (Å²) < 4.78 is 90.1. The molecule has 0 spiro atoms. The number of hydrogen-bond acceptors (Lipinski definition) is 36. The molecule has 0 unspecified atom stereocenters. The molecule has 13 rings (SSSR count). The fourth-order valence-corrected chi connectivity index (χ4v) is 17.4. The van der Waals surface area contributed by atoms with Crippen LogP contribution in [0.25, 0.3) is 22.1 Å². The average molecular weight is 2120 g/mol. The molecule has 140 heavy (non-hydrogen) atoms. The normalized spacial score (nSPS) is 10.5. The number of benzene rings is 9. The number of nitro benzene ring substituents is 2. The van der Waals surface area contributed by atoms with Gasteiger partial charge in [0.25, 0.3) is 17.3 Å². The quantitative estimate of drug-likeness (QED) is 0.00292. The molecule has 38 nitrogen and oxygen atoms in total. The SMILES string of the molecule is CC(=O)O.Cc1ccc(Br)c([N+](=O)[O-])c1.Cc1ccc(OCc2ccccc2)c(Cn2c(N)nc3ccc(C=O)cc32)n1.Cc1ccc(S(=O)(=O)CCO)c(N)c1.Cc1ccc(S(=O)(=O)CCO)c(N)c1.Cc1ccc(S(=O)(=O)CCO)c(NCc2ccc3nc(N)n(Cc4nc(C)ccc4O)c3c2)c1.Cc1ccc(SCCO)c(N)c1.Cc1ccc(SCCO)c([N+](=O)[O-])c1.O=BO[O-].OCCS.[Na+]. The van der Waals surface area contributed by atoms with Crippen molar-refractivity contribution >= 4 is 169 Å². The largest absolute Gasteiger partial charge is 1.00 e. The Hall–Kier alpha value is -11.7. The number of aliphatic carboxylic acids is 1. The molecule has 0 aliphatic carbocycles. The molecule has 0 atom stereocenters. The van der Waals surface area contributed by atoms with Crippen molar-refractivity contribution in [3.05, 3.63) is 298 Å². The van der Waals surface area contributed by atoms with Gasteiger partial charge in [-0.2, -0.15) is 12.6 Å². The van der Waals surface area contributed by atoms with Crippen molar-refractivity contribution in [3.8, 4) is 11.5 Å². The zero-order valence-electron chi connectivity index (χ0n) is 78.5. The number of aromatic nitrogens is 6. The first-order valence-corrected chi connectivity index (χ1v) is 50.1. The van der Waals surface area contributed by atoms with Crippen LogP contribution in [-0.2, 0) is 70.1 Å². The van der Waals surface area contributed by atoms with Crippen LogP contribution in [0.15, 0.2) is 229 Å². The van der Waals surface area contributed by atoms with Gasteiger partial charge in [-0.25, -0.2) is 35.2 Å². The van der Waals surface area contributed by atoms with Crippen LogP contribution >= 0.6 is 52.1 Å². The number of nitrogens with two attached hydrogens (primary N) is 5. The van der Waals surface area contributed by atoms with Crippen molar-refractivity contribution in [2.24, 2.45) is 0 Å². The van der Waals surface area contributed by atoms with Crippen LogP contribution in [-0.4, -0.2) is 199 Å². The number of nitrogen functional groups attached to an aromatic ring is 5. The number of aldehydes is 1. The van der Waals surface area contributed by atoms with Crippen LogP contribution in [0.5, 0.6) is 11.5 Å². The minimum absolute atomic E-state index is 0. The molecule has 0 aliphatic rings. The molecule has 47 heteroatoms. The third kappa shape index (κ3) is 41.6. The van der Waals surface area contributed by atoms with Crippen molar-refractivity contribution in [3.63, 3.8) is 0 Å². The number of aliphatic hydroxyl groups excluding tert-OH is 6. The van der Waals surface area contributed by atoms with Crippen LogP contribution in [0, 0.1) is 75.6 Å². The average Bonchev–Trinajstić information content (AvgIpc) is 1.61. The molecule has 0 radical (unpaired) electrons. The zero-order chi connectivity index (χ0) is 104. The van der Waals surface area contributed by atoms with E-state index in [0.717, 1.165) is 96.4 Å². The zero-order valence-corrected chi connectivity index (χ0v) is 87.0. The summed E-state index contributed by atoms with van der Waals surface area (Å²) in [6.07, 6.45) is 0.812. The Morgan fingerprint density at radius 1 is 0.521 bits per heavy atom. The fourth-order valence-electron chi connectivity index (χ4n) is 12.1. The smallest absolute Gasteiger partial charge is 0.396 e. The maximum absolute atomic E-state index is 12.6. The number of nitrogens with zero attached hydrogens (tertiary/aromatic N) is 8. The second kappa shape index (κ2) is 62.5. The number of carbonyl (C=O) groups is 2. The van der Waals surface area contributed by atoms with Gasteiger partial charge in [-0.3, -0.25) is 39.8 Å². The van der Waals surface area contributed by atoms with E-state index in [1.807, 2.05) is 151 Å². The Kier molecular flexibility index (Phi) is 54.7. The molecule has 746 valence electrons. The number of ether oxygens (including phenoxy) is 1. The summed E-state index contributed by atoms with van der Waals surface area (Å²) >= 11 is 9.63. The van der Waals surface area contributed by atoms with Crippen molar-refractivity contribution in [1.82, 2.24) is 29.1 Å². The summed E-state index contributed by atoms with van der Waals surface area (Å²) in [6, 6.07) is 58.8. The number of thiol groups is 1. The number of rotatable bonds is 30. The van der Waals surface area contributed by atoms with E-state index in [0.29, 0.717) is 86.4 Å². The number of halogens is 1. The van der Waals surface area contributed by atoms with Crippen LogP contribution < -0.4 is 73.5 Å². The number of thioether (sulfide) groups is 2. The number of hydrogen-bond donors (Lipinski definition) is 15. The number of sulfone groups is 3. The van der Waals surface area contributed by atoms with E-state index in [1.165, 1.54) is 35.5 Å². The third-order valence-electron chi connectivity index (χ3n) is 18.4. The summed E-state index contributed by atoms with van der Waals surface area (Å²) in [5.41, 5.74) is 45.3. The first kappa shape index (κ1) is 122. The molecule has 4 aromatic heterocycles. The number of imidazole rings is 2. The molecule has 0 fully saturated rings. The molecule has 0 aliphatic heterocycles. The molecule has 0 bridgehead atoms. The Labute approximate surface area is 856 Å². The predicted octanol–water partition coefficient (Wildman–Crippen LogP) is 8.77. The topological polar surface area (TPSA) is 647 Å². The van der Waals surface area contributed by atoms with Gasteiger partial charge in [-0.05, 0) is 231 Å². The van der Waals surface area contributed by atoms with E-state index >= 15 is 0 Å². The van der Waals surface area contributed by atoms with Gasteiger partial charge in [-0.1, -0.05) is 72.8 Å². The first-order valence-electron chi connectivity index (χ1n) is 41.8. The van der Waals surface area contributed by atoms with Gasteiger partial charge >= 0.3 is 51.7 Å². The summed E-state index contributed by atoms with van der Waals surface area (Å²) in [6.45, 7) is 16.7. The Bertz CT molecular complexity index is 6520. The number of anilines is 6. The molecule has 0 saturated heterocycles. The standard InChI is InChI=1S/C24H27N5O4S.C22H20N4O2.2C9H13NO3S.C9H11NO3S.C9H13NOS.C7H6BrNO2.C2H4O2.C2H6OS.BHO3.Na/c1-15-3-8-23(34(32,33)10-9-30)19(11-15)26-13-17-5-6-18-21(12-17)29(24(25)28-18)14-20-22(31)7-4-16(2)27-20;1-15-7-10-21(28-14-16-5-3-2-4-6-16)19(24-15)12-26-20-11-17(13-27)8-9-18(20)25-22(26)23;2*1-7-2-3-9(8(10)6-7)14(12,13)5-4-11;1-7-2-3-9(14-5-4-11)8(6-7)10(12)13;1-7-2-3-9(8(10)6-7)12-5-4-11;1-5-2-3-6(8)7(4-5)9(10)11;1-2(3)4;3-1-2-4;2-1-4-3;/h3-8,11-12,26,30-31H,9-10,13-14H2,1-2H3,(H2,25,28);2-11,13H,12,14H2,1H3,(H2,23,25);2*2-3,6,11H,4-5,10H2,1H3;2-3,6,11H,4-5H2,1H3;2-3,6,11H,4-5,10H2,1H3;2-4H,1H3;1H3,(H,3,4);3-4H,1-2H2;3H;/q;;;;;;;;;;+1/p-1. The number of nitrogens with one attached hydrogen (secondary N) is 1. The van der Waals surface area contributed by atoms with Gasteiger partial charge in [0.05, 0.1) is 143 Å². The van der Waals surface area contributed by atoms with E-state index in [4.69, 9.17) is 83.9 Å². The second-order valence-electron chi connectivity index (χ2n) is 29.7. The van der Waals surface area contributed by atoms with Gasteiger partial charge in [0.15, 0.2) is 29.5 Å². The second-order valence-corrected chi connectivity index (χ2v) is 39.5. The predicted molar refractivity (Wildman–Crippen MR) is 546 cm³/mol. The minimum atomic E-state index is -3.62. The molecular formula is C93H113BBrN14NaO24S6. The fraction of sp³-hybridized carbons (Fsp3) is 0.269. The molecule has 9 aromatic carbocycles. The van der Waals surface area contributed by atoms with Crippen LogP contribution in [0.3, 0.4) is 0 Å². The number of carboxylic acid groups (broad SMARTS) is 1. The number of fused-ring (bicyclic) bond motifs is 2. The Morgan fingerprint density at radius 2 is 0.936 bits per heavy atom. The molecular weight excluding hydrogens is 2000 g/mol. The molecule has 19 N–H and O–H groups in total. The van der Waals surface area contributed by atoms with Gasteiger partial charge < -0.3 is 88.7 Å². The Morgan fingerprint density at radius 3 is 1.39 bits per heavy atom. The third-order valence-corrected chi connectivity index (χ3v) is 26.7. The van der Waals surface area contributed by atoms with E-state index in [2.05, 4.69) is 58.6 Å². The first-order chi connectivity index (χ1) is 65.8. The van der Waals surface area contributed by atoms with Crippen molar-refractivity contribution in [1.29, 1.82) is 0 Å². The van der Waals surface area contributed by atoms with E-state index in [-0.39, 0.29) is 124 Å². The maximum Gasteiger partial charge on any atom is 1.00 e. The Balaban J connectivity index is 0.000000428. The number of aliphatic hydroxyl groups is 6. The van der Waals surface area contributed by atoms with Gasteiger partial charge in [0.2, 0.25) is 11.9 Å².